The first kappa shape index (κ1) is 15.2. The Bertz CT molecular complexity index is 723. The minimum Gasteiger partial charge on any atom is -0.347 e. The maximum Gasteiger partial charge on any atom is 0.262 e. The molecule has 8 heteroatoms. The second-order valence-electron chi connectivity index (χ2n) is 3.97. The first-order valence-corrected chi connectivity index (χ1v) is 8.73. The number of thiophene rings is 1. The lowest BCUT2D eigenvalue weighted by molar-refractivity contribution is 0.0954. The molecule has 1 aromatic carbocycles. The summed E-state index contributed by atoms with van der Waals surface area (Å²) in [6.45, 7) is 0.314. The number of halogens is 1. The molecule has 0 radical (unpaired) electrons. The highest BCUT2D eigenvalue weighted by Gasteiger charge is 2.11. The number of rotatable bonds is 4. The second-order valence-corrected chi connectivity index (χ2v) is 7.30. The van der Waals surface area contributed by atoms with Crippen molar-refractivity contribution in [3.05, 3.63) is 50.6 Å². The van der Waals surface area contributed by atoms with E-state index in [0.29, 0.717) is 11.4 Å². The van der Waals surface area contributed by atoms with E-state index >= 15 is 0 Å². The van der Waals surface area contributed by atoms with Crippen molar-refractivity contribution in [3.63, 3.8) is 0 Å². The zero-order valence-corrected chi connectivity index (χ0v) is 13.4. The van der Waals surface area contributed by atoms with Crippen molar-refractivity contribution in [1.29, 1.82) is 0 Å². The van der Waals surface area contributed by atoms with Gasteiger partial charge in [-0.25, -0.2) is 13.6 Å². The summed E-state index contributed by atoms with van der Waals surface area (Å²) in [6.07, 6.45) is 0. The molecule has 5 nitrogen and oxygen atoms in total. The number of sulfonamides is 1. The van der Waals surface area contributed by atoms with Crippen LogP contribution in [0.15, 0.2) is 45.1 Å². The maximum atomic E-state index is 11.9. The van der Waals surface area contributed by atoms with Gasteiger partial charge in [0.1, 0.15) is 4.88 Å². The molecule has 2 aromatic rings. The normalized spacial score (nSPS) is 11.3. The highest BCUT2D eigenvalue weighted by molar-refractivity contribution is 9.10. The van der Waals surface area contributed by atoms with Gasteiger partial charge in [-0.2, -0.15) is 0 Å². The number of nitrogens with two attached hydrogens (primary N) is 1. The number of primary sulfonamides is 1. The van der Waals surface area contributed by atoms with Gasteiger partial charge in [-0.1, -0.05) is 12.1 Å². The Balaban J connectivity index is 2.02. The highest BCUT2D eigenvalue weighted by Crippen LogP contribution is 2.22. The molecule has 0 unspecified atom stereocenters. The Hall–Kier alpha value is -1.22. The van der Waals surface area contributed by atoms with Crippen LogP contribution in [0, 0.1) is 0 Å². The van der Waals surface area contributed by atoms with Gasteiger partial charge in [0, 0.05) is 11.0 Å². The third-order valence-electron chi connectivity index (χ3n) is 2.53. The lowest BCUT2D eigenvalue weighted by atomic mass is 10.2. The van der Waals surface area contributed by atoms with Crippen LogP contribution in [-0.4, -0.2) is 14.3 Å². The second kappa shape index (κ2) is 6.04. The minimum atomic E-state index is -3.68. The van der Waals surface area contributed by atoms with Crippen molar-refractivity contribution in [2.45, 2.75) is 11.4 Å². The van der Waals surface area contributed by atoms with Gasteiger partial charge in [-0.3, -0.25) is 4.79 Å². The molecule has 0 atom stereocenters. The molecule has 20 heavy (non-hydrogen) atoms. The molecule has 1 aromatic heterocycles. The molecule has 0 bridgehead atoms. The third kappa shape index (κ3) is 3.66. The molecule has 0 fully saturated rings. The van der Waals surface area contributed by atoms with Gasteiger partial charge in [0.25, 0.3) is 5.91 Å². The standard InChI is InChI=1S/C12H11BrN2O3S2/c13-10-5-6-19-11(10)12(16)15-7-8-1-3-9(4-2-8)20(14,17)18/h1-6H,7H2,(H,15,16)(H2,14,17,18). The molecule has 0 saturated carbocycles. The van der Waals surface area contributed by atoms with Crippen molar-refractivity contribution >= 4 is 43.2 Å². The fourth-order valence-corrected chi connectivity index (χ4v) is 3.50. The maximum absolute atomic E-state index is 11.9. The van der Waals surface area contributed by atoms with E-state index in [2.05, 4.69) is 21.2 Å². The fourth-order valence-electron chi connectivity index (χ4n) is 1.52. The molecule has 2 rings (SSSR count). The number of carbonyl (C=O) groups is 1. The van der Waals surface area contributed by atoms with E-state index in [1.165, 1.54) is 23.5 Å². The predicted octanol–water partition coefficient (Wildman–Crippen LogP) is 2.09. The first-order valence-electron chi connectivity index (χ1n) is 5.51. The largest absolute Gasteiger partial charge is 0.347 e. The van der Waals surface area contributed by atoms with E-state index in [4.69, 9.17) is 5.14 Å². The summed E-state index contributed by atoms with van der Waals surface area (Å²) in [4.78, 5) is 12.5. The molecule has 3 N–H and O–H groups in total. The summed E-state index contributed by atoms with van der Waals surface area (Å²) < 4.78 is 23.0. The van der Waals surface area contributed by atoms with Gasteiger partial charge in [-0.05, 0) is 45.1 Å². The molecule has 1 heterocycles. The van der Waals surface area contributed by atoms with Crippen LogP contribution in [-0.2, 0) is 16.6 Å². The van der Waals surface area contributed by atoms with Crippen molar-refractivity contribution in [3.8, 4) is 0 Å². The van der Waals surface area contributed by atoms with Gasteiger partial charge in [0.05, 0.1) is 4.90 Å². The lowest BCUT2D eigenvalue weighted by Crippen LogP contribution is -2.22. The van der Waals surface area contributed by atoms with Crippen LogP contribution in [0.2, 0.25) is 0 Å². The SMILES string of the molecule is NS(=O)(=O)c1ccc(CNC(=O)c2sccc2Br)cc1. The van der Waals surface area contributed by atoms with E-state index in [1.807, 2.05) is 5.38 Å². The van der Waals surface area contributed by atoms with Gasteiger partial charge < -0.3 is 5.32 Å². The smallest absolute Gasteiger partial charge is 0.262 e. The predicted molar refractivity (Wildman–Crippen MR) is 81.0 cm³/mol. The molecule has 0 spiro atoms. The molecule has 0 aliphatic heterocycles. The van der Waals surface area contributed by atoms with Crippen molar-refractivity contribution in [2.24, 2.45) is 5.14 Å². The van der Waals surface area contributed by atoms with Crippen LogP contribution in [0.5, 0.6) is 0 Å². The van der Waals surface area contributed by atoms with E-state index < -0.39 is 10.0 Å². The van der Waals surface area contributed by atoms with Crippen molar-refractivity contribution < 1.29 is 13.2 Å². The summed E-state index contributed by atoms with van der Waals surface area (Å²) >= 11 is 4.64. The summed E-state index contributed by atoms with van der Waals surface area (Å²) in [5.41, 5.74) is 0.790. The Morgan fingerprint density at radius 1 is 1.25 bits per heavy atom. The van der Waals surface area contributed by atoms with E-state index in [0.717, 1.165) is 10.0 Å². The summed E-state index contributed by atoms with van der Waals surface area (Å²) in [5, 5.41) is 9.59. The van der Waals surface area contributed by atoms with Crippen LogP contribution in [0.4, 0.5) is 0 Å². The number of hydrogen-bond donors (Lipinski definition) is 2. The lowest BCUT2D eigenvalue weighted by Gasteiger charge is -2.05. The molecule has 0 aliphatic carbocycles. The molecular weight excluding hydrogens is 364 g/mol. The number of benzene rings is 1. The van der Waals surface area contributed by atoms with E-state index in [-0.39, 0.29) is 10.8 Å². The topological polar surface area (TPSA) is 89.3 Å². The highest BCUT2D eigenvalue weighted by atomic mass is 79.9. The monoisotopic (exact) mass is 374 g/mol. The minimum absolute atomic E-state index is 0.0496. The molecule has 0 aliphatic rings. The van der Waals surface area contributed by atoms with Crippen LogP contribution in [0.3, 0.4) is 0 Å². The van der Waals surface area contributed by atoms with Crippen LogP contribution < -0.4 is 10.5 Å². The zero-order chi connectivity index (χ0) is 14.8. The van der Waals surface area contributed by atoms with Crippen LogP contribution in [0.1, 0.15) is 15.2 Å². The number of carbonyl (C=O) groups excluding carboxylic acids is 1. The summed E-state index contributed by atoms with van der Waals surface area (Å²) in [5.74, 6) is -0.178. The van der Waals surface area contributed by atoms with E-state index in [9.17, 15) is 13.2 Å². The number of amides is 1. The van der Waals surface area contributed by atoms with Gasteiger partial charge in [-0.15, -0.1) is 11.3 Å². The Morgan fingerprint density at radius 2 is 1.90 bits per heavy atom. The van der Waals surface area contributed by atoms with Crippen LogP contribution >= 0.6 is 27.3 Å². The van der Waals surface area contributed by atoms with E-state index in [1.54, 1.807) is 18.2 Å². The summed E-state index contributed by atoms with van der Waals surface area (Å²) in [6, 6.07) is 7.86. The number of nitrogens with one attached hydrogen (secondary N) is 1. The van der Waals surface area contributed by atoms with Gasteiger partial charge >= 0.3 is 0 Å². The molecule has 1 amide bonds. The van der Waals surface area contributed by atoms with Crippen LogP contribution in [0.25, 0.3) is 0 Å². The first-order chi connectivity index (χ1) is 9.38. The molecule has 106 valence electrons. The Kier molecular flexibility index (Phi) is 4.59. The zero-order valence-electron chi connectivity index (χ0n) is 10.2. The Morgan fingerprint density at radius 3 is 2.40 bits per heavy atom. The molecular formula is C12H11BrN2O3S2. The average molecular weight is 375 g/mol. The number of hydrogen-bond acceptors (Lipinski definition) is 4. The average Bonchev–Trinajstić information content (AvgIpc) is 2.82. The Labute approximate surface area is 129 Å². The fraction of sp³-hybridized carbons (Fsp3) is 0.0833. The summed E-state index contributed by atoms with van der Waals surface area (Å²) in [7, 11) is -3.68. The quantitative estimate of drug-likeness (QED) is 0.858. The van der Waals surface area contributed by atoms with Crippen molar-refractivity contribution in [1.82, 2.24) is 5.32 Å². The van der Waals surface area contributed by atoms with Gasteiger partial charge in [0.15, 0.2) is 0 Å². The van der Waals surface area contributed by atoms with Crippen molar-refractivity contribution in [2.75, 3.05) is 0 Å². The van der Waals surface area contributed by atoms with Gasteiger partial charge in [0.2, 0.25) is 10.0 Å². The third-order valence-corrected chi connectivity index (χ3v) is 5.29. The molecule has 0 saturated heterocycles.